The molecule has 8 heteroatoms. The number of methoxy groups -OCH3 is 1. The van der Waals surface area contributed by atoms with Gasteiger partial charge >= 0.3 is 0 Å². The van der Waals surface area contributed by atoms with Crippen LogP contribution in [0, 0.1) is 0 Å². The van der Waals surface area contributed by atoms with Gasteiger partial charge in [-0.3, -0.25) is 9.69 Å². The number of carbonyl (C=O) groups excluding carboxylic acids is 1. The molecule has 0 aliphatic carbocycles. The Morgan fingerprint density at radius 1 is 1.11 bits per heavy atom. The summed E-state index contributed by atoms with van der Waals surface area (Å²) < 4.78 is 18.4. The fourth-order valence-electron chi connectivity index (χ4n) is 2.43. The molecule has 0 bridgehead atoms. The van der Waals surface area contributed by atoms with Crippen molar-refractivity contribution in [3.8, 4) is 17.2 Å². The van der Waals surface area contributed by atoms with E-state index in [0.29, 0.717) is 33.9 Å². The van der Waals surface area contributed by atoms with Crippen molar-refractivity contribution in [3.05, 3.63) is 57.4 Å². The largest absolute Gasteiger partial charge is 0.493 e. The lowest BCUT2D eigenvalue weighted by Crippen LogP contribution is -2.22. The van der Waals surface area contributed by atoms with Crippen LogP contribution < -0.4 is 14.2 Å². The van der Waals surface area contributed by atoms with E-state index in [1.165, 1.54) is 16.7 Å². The van der Waals surface area contributed by atoms with Crippen molar-refractivity contribution in [2.24, 2.45) is 0 Å². The molecular weight excluding hydrogens is 462 g/mol. The lowest BCUT2D eigenvalue weighted by atomic mass is 10.2. The summed E-state index contributed by atoms with van der Waals surface area (Å²) in [4.78, 5) is 14.2. The monoisotopic (exact) mass is 479 g/mol. The zero-order valence-corrected chi connectivity index (χ0v) is 18.5. The van der Waals surface area contributed by atoms with Gasteiger partial charge in [0.2, 0.25) is 0 Å². The minimum Gasteiger partial charge on any atom is -0.493 e. The first kappa shape index (κ1) is 20.7. The number of ether oxygens (including phenoxy) is 3. The maximum atomic E-state index is 12.1. The first-order valence-corrected chi connectivity index (χ1v) is 10.4. The Hall–Kier alpha value is -2.03. The number of benzene rings is 2. The zero-order valence-electron chi connectivity index (χ0n) is 15.3. The second-order valence-corrected chi connectivity index (χ2v) is 8.39. The van der Waals surface area contributed by atoms with Crippen LogP contribution in [-0.4, -0.2) is 42.5 Å². The van der Waals surface area contributed by atoms with E-state index in [4.69, 9.17) is 26.4 Å². The molecule has 0 aromatic heterocycles. The van der Waals surface area contributed by atoms with Crippen LogP contribution in [0.3, 0.4) is 0 Å². The Kier molecular flexibility index (Phi) is 6.98. The average Bonchev–Trinajstić information content (AvgIpc) is 2.94. The van der Waals surface area contributed by atoms with Gasteiger partial charge < -0.3 is 14.2 Å². The number of hydrogen-bond donors (Lipinski definition) is 0. The van der Waals surface area contributed by atoms with E-state index < -0.39 is 0 Å². The van der Waals surface area contributed by atoms with Crippen molar-refractivity contribution in [1.82, 2.24) is 4.90 Å². The maximum absolute atomic E-state index is 12.1. The van der Waals surface area contributed by atoms with Crippen molar-refractivity contribution in [2.75, 3.05) is 27.4 Å². The summed E-state index contributed by atoms with van der Waals surface area (Å²) in [6.45, 7) is 0.784. The van der Waals surface area contributed by atoms with Crippen molar-refractivity contribution in [3.63, 3.8) is 0 Å². The number of hydrogen-bond acceptors (Lipinski definition) is 6. The van der Waals surface area contributed by atoms with E-state index in [0.717, 1.165) is 15.8 Å². The lowest BCUT2D eigenvalue weighted by molar-refractivity contribution is -0.121. The van der Waals surface area contributed by atoms with Crippen molar-refractivity contribution in [2.45, 2.75) is 0 Å². The first-order chi connectivity index (χ1) is 13.5. The van der Waals surface area contributed by atoms with Crippen LogP contribution in [0.25, 0.3) is 6.08 Å². The minimum atomic E-state index is -0.0978. The van der Waals surface area contributed by atoms with Gasteiger partial charge in [0.05, 0.1) is 12.0 Å². The second-order valence-electron chi connectivity index (χ2n) is 5.80. The van der Waals surface area contributed by atoms with Crippen molar-refractivity contribution in [1.29, 1.82) is 0 Å². The predicted molar refractivity (Wildman–Crippen MR) is 119 cm³/mol. The summed E-state index contributed by atoms with van der Waals surface area (Å²) in [6, 6.07) is 13.1. The molecule has 146 valence electrons. The Balaban J connectivity index is 1.61. The Bertz CT molecular complexity index is 915. The zero-order chi connectivity index (χ0) is 20.1. The van der Waals surface area contributed by atoms with Gasteiger partial charge in [-0.25, -0.2) is 0 Å². The SMILES string of the molecule is COc1cc(/C=C2\SC(=S)N(C)C2=O)ccc1OCCOc1ccc(Br)cc1. The molecular formula is C20H18BrNO4S2. The number of halogens is 1. The summed E-state index contributed by atoms with van der Waals surface area (Å²) in [6.07, 6.45) is 1.80. The molecule has 0 radical (unpaired) electrons. The molecule has 0 saturated carbocycles. The second kappa shape index (κ2) is 9.45. The van der Waals surface area contributed by atoms with Gasteiger partial charge in [-0.1, -0.05) is 46.0 Å². The summed E-state index contributed by atoms with van der Waals surface area (Å²) >= 11 is 9.83. The van der Waals surface area contributed by atoms with Crippen LogP contribution in [0.4, 0.5) is 0 Å². The highest BCUT2D eigenvalue weighted by atomic mass is 79.9. The molecule has 1 aliphatic heterocycles. The van der Waals surface area contributed by atoms with Gasteiger partial charge in [-0.05, 0) is 48.0 Å². The number of rotatable bonds is 7. The van der Waals surface area contributed by atoms with Crippen LogP contribution in [0.5, 0.6) is 17.2 Å². The molecule has 1 aliphatic rings. The summed E-state index contributed by atoms with van der Waals surface area (Å²) in [5, 5.41) is 0. The van der Waals surface area contributed by atoms with E-state index in [-0.39, 0.29) is 5.91 Å². The van der Waals surface area contributed by atoms with Crippen LogP contribution >= 0.6 is 39.9 Å². The van der Waals surface area contributed by atoms with E-state index in [1.54, 1.807) is 20.2 Å². The van der Waals surface area contributed by atoms with Gasteiger partial charge in [0.15, 0.2) is 11.5 Å². The molecule has 1 fully saturated rings. The molecule has 1 heterocycles. The molecule has 28 heavy (non-hydrogen) atoms. The van der Waals surface area contributed by atoms with E-state index in [2.05, 4.69) is 15.9 Å². The summed E-state index contributed by atoms with van der Waals surface area (Å²) in [5.74, 6) is 1.88. The molecule has 1 amide bonds. The topological polar surface area (TPSA) is 48.0 Å². The van der Waals surface area contributed by atoms with Gasteiger partial charge in [-0.2, -0.15) is 0 Å². The Labute approximate surface area is 181 Å². The van der Waals surface area contributed by atoms with Crippen molar-refractivity contribution < 1.29 is 19.0 Å². The lowest BCUT2D eigenvalue weighted by Gasteiger charge is -2.12. The first-order valence-electron chi connectivity index (χ1n) is 8.38. The molecule has 2 aromatic rings. The number of amides is 1. The van der Waals surface area contributed by atoms with E-state index in [9.17, 15) is 4.79 Å². The molecule has 0 unspecified atom stereocenters. The summed E-state index contributed by atoms with van der Waals surface area (Å²) in [5.41, 5.74) is 0.837. The smallest absolute Gasteiger partial charge is 0.265 e. The molecule has 2 aromatic carbocycles. The van der Waals surface area contributed by atoms with Gasteiger partial charge in [-0.15, -0.1) is 0 Å². The number of thioether (sulfide) groups is 1. The quantitative estimate of drug-likeness (QED) is 0.324. The number of nitrogens with zero attached hydrogens (tertiary/aromatic N) is 1. The van der Waals surface area contributed by atoms with Crippen LogP contribution in [-0.2, 0) is 4.79 Å². The molecule has 5 nitrogen and oxygen atoms in total. The third kappa shape index (κ3) is 5.06. The fourth-order valence-corrected chi connectivity index (χ4v) is 3.88. The van der Waals surface area contributed by atoms with Crippen LogP contribution in [0.1, 0.15) is 5.56 Å². The van der Waals surface area contributed by atoms with E-state index >= 15 is 0 Å². The van der Waals surface area contributed by atoms with Gasteiger partial charge in [0.25, 0.3) is 5.91 Å². The molecule has 1 saturated heterocycles. The van der Waals surface area contributed by atoms with Crippen LogP contribution in [0.15, 0.2) is 51.8 Å². The minimum absolute atomic E-state index is 0.0978. The third-order valence-electron chi connectivity index (χ3n) is 3.90. The molecule has 0 N–H and O–H groups in total. The maximum Gasteiger partial charge on any atom is 0.265 e. The molecule has 0 spiro atoms. The fraction of sp³-hybridized carbons (Fsp3) is 0.200. The van der Waals surface area contributed by atoms with Gasteiger partial charge in [0.1, 0.15) is 23.3 Å². The standard InChI is InChI=1S/C20H18BrNO4S2/c1-22-19(23)18(28-20(22)27)12-13-3-8-16(17(11-13)24-2)26-10-9-25-15-6-4-14(21)5-7-15/h3-8,11-12H,9-10H2,1-2H3/b18-12-. The highest BCUT2D eigenvalue weighted by Gasteiger charge is 2.28. The van der Waals surface area contributed by atoms with Gasteiger partial charge in [0, 0.05) is 11.5 Å². The Morgan fingerprint density at radius 3 is 2.46 bits per heavy atom. The predicted octanol–water partition coefficient (Wildman–Crippen LogP) is 4.75. The highest BCUT2D eigenvalue weighted by Crippen LogP contribution is 2.34. The van der Waals surface area contributed by atoms with Crippen molar-refractivity contribution >= 4 is 56.2 Å². The number of thiocarbonyl (C=S) groups is 1. The van der Waals surface area contributed by atoms with E-state index in [1.807, 2.05) is 42.5 Å². The third-order valence-corrected chi connectivity index (χ3v) is 5.91. The number of carbonyl (C=O) groups is 1. The summed E-state index contributed by atoms with van der Waals surface area (Å²) in [7, 11) is 3.25. The average molecular weight is 480 g/mol. The number of likely N-dealkylation sites (N-methyl/N-ethyl adjacent to an activating group) is 1. The molecule has 0 atom stereocenters. The Morgan fingerprint density at radius 2 is 1.82 bits per heavy atom. The molecule has 3 rings (SSSR count). The van der Waals surface area contributed by atoms with Crippen LogP contribution in [0.2, 0.25) is 0 Å². The normalized spacial score (nSPS) is 15.2. The highest BCUT2D eigenvalue weighted by molar-refractivity contribution is 9.10.